The van der Waals surface area contributed by atoms with Crippen molar-refractivity contribution in [2.45, 2.75) is 59.5 Å². The van der Waals surface area contributed by atoms with Gasteiger partial charge in [0.05, 0.1) is 35.0 Å². The van der Waals surface area contributed by atoms with E-state index >= 15 is 0 Å². The van der Waals surface area contributed by atoms with Crippen LogP contribution in [-0.2, 0) is 36.3 Å². The third-order valence-corrected chi connectivity index (χ3v) is 4.05. The van der Waals surface area contributed by atoms with Crippen LogP contribution in [0.3, 0.4) is 0 Å². The summed E-state index contributed by atoms with van der Waals surface area (Å²) in [7, 11) is -0.578. The van der Waals surface area contributed by atoms with Crippen LogP contribution in [0.4, 0.5) is 0 Å². The van der Waals surface area contributed by atoms with Crippen LogP contribution in [0.2, 0.25) is 0 Å². The minimum Gasteiger partial charge on any atom is -0.790 e. The summed E-state index contributed by atoms with van der Waals surface area (Å²) < 4.78 is 21.7. The maximum Gasteiger partial charge on any atom is 0.243 e. The number of rotatable bonds is 8. The third kappa shape index (κ3) is 15.3. The second-order valence-corrected chi connectivity index (χ2v) is 7.36. The highest BCUT2D eigenvalue weighted by atomic mass is 31.2. The summed E-state index contributed by atoms with van der Waals surface area (Å²) in [5.41, 5.74) is 0. The molecule has 0 aliphatic heterocycles. The molecule has 0 aliphatic rings. The van der Waals surface area contributed by atoms with Crippen molar-refractivity contribution in [3.05, 3.63) is 37.4 Å². The number of hydrogen-bond acceptors (Lipinski definition) is 4. The first-order valence-electron chi connectivity index (χ1n) is 9.40. The lowest BCUT2D eigenvalue weighted by Gasteiger charge is -2.27. The average Bonchev–Trinajstić information content (AvgIpc) is 3.19. The maximum absolute atomic E-state index is 9.48. The van der Waals surface area contributed by atoms with Crippen molar-refractivity contribution in [1.29, 1.82) is 0 Å². The second-order valence-electron chi connectivity index (χ2n) is 6.21. The van der Waals surface area contributed by atoms with E-state index in [4.69, 9.17) is 0 Å². The highest BCUT2D eigenvalue weighted by molar-refractivity contribution is 7.43. The van der Waals surface area contributed by atoms with E-state index in [0.717, 1.165) is 13.1 Å². The first-order chi connectivity index (χ1) is 12.7. The lowest BCUT2D eigenvalue weighted by atomic mass is 10.3. The van der Waals surface area contributed by atoms with Crippen LogP contribution in [-0.4, -0.2) is 15.7 Å². The number of phosphoric ester groups is 1. The van der Waals surface area contributed by atoms with Crippen molar-refractivity contribution >= 4 is 7.82 Å². The van der Waals surface area contributed by atoms with Gasteiger partial charge in [-0.15, -0.1) is 0 Å². The number of nitrogens with zero attached hydrogens (tertiary/aromatic N) is 4. The fourth-order valence-electron chi connectivity index (χ4n) is 2.11. The Morgan fingerprint density at radius 3 is 1.48 bits per heavy atom. The normalized spacial score (nSPS) is 10.6. The van der Waals surface area contributed by atoms with Gasteiger partial charge >= 0.3 is 0 Å². The maximum atomic E-state index is 9.48. The Morgan fingerprint density at radius 1 is 0.889 bits per heavy atom. The molecule has 0 radical (unpaired) electrons. The lowest BCUT2D eigenvalue weighted by Crippen LogP contribution is -2.23. The van der Waals surface area contributed by atoms with Gasteiger partial charge in [-0.2, -0.15) is 0 Å². The molecule has 27 heavy (non-hydrogen) atoms. The average molecular weight is 402 g/mol. The monoisotopic (exact) mass is 402 g/mol. The van der Waals surface area contributed by atoms with Gasteiger partial charge in [0.1, 0.15) is 24.8 Å². The van der Waals surface area contributed by atoms with E-state index in [1.54, 1.807) is 0 Å². The zero-order valence-electron chi connectivity index (χ0n) is 17.3. The van der Waals surface area contributed by atoms with Crippen molar-refractivity contribution in [2.24, 2.45) is 14.1 Å². The smallest absolute Gasteiger partial charge is 0.243 e. The van der Waals surface area contributed by atoms with Gasteiger partial charge in [-0.25, -0.2) is 18.3 Å². The SMILES string of the molecule is CCCCn1cc[n+](C)c1.CCCCn1cc[n+](C)c1.CCOP(=O)([O-])[O-]. The van der Waals surface area contributed by atoms with Gasteiger partial charge in [0.25, 0.3) is 0 Å². The summed E-state index contributed by atoms with van der Waals surface area (Å²) >= 11 is 0. The van der Waals surface area contributed by atoms with Crippen LogP contribution in [0.15, 0.2) is 37.4 Å². The van der Waals surface area contributed by atoms with E-state index in [2.05, 4.69) is 74.1 Å². The molecule has 0 spiro atoms. The molecule has 0 unspecified atom stereocenters. The van der Waals surface area contributed by atoms with Crippen LogP contribution in [0.5, 0.6) is 0 Å². The van der Waals surface area contributed by atoms with E-state index in [-0.39, 0.29) is 6.61 Å². The molecule has 0 saturated carbocycles. The molecule has 2 heterocycles. The minimum atomic E-state index is -4.67. The van der Waals surface area contributed by atoms with Gasteiger partial charge in [0.2, 0.25) is 12.7 Å². The van der Waals surface area contributed by atoms with Crippen molar-refractivity contribution in [3.63, 3.8) is 0 Å². The van der Waals surface area contributed by atoms with Gasteiger partial charge in [0.15, 0.2) is 0 Å². The molecule has 0 N–H and O–H groups in total. The van der Waals surface area contributed by atoms with Crippen molar-refractivity contribution in [3.8, 4) is 0 Å². The van der Waals surface area contributed by atoms with Gasteiger partial charge < -0.3 is 18.9 Å². The van der Waals surface area contributed by atoms with Crippen LogP contribution >= 0.6 is 7.82 Å². The molecule has 156 valence electrons. The minimum absolute atomic E-state index is 0.0791. The Balaban J connectivity index is 0.000000384. The summed E-state index contributed by atoms with van der Waals surface area (Å²) in [6.07, 6.45) is 17.6. The molecule has 8 nitrogen and oxygen atoms in total. The number of unbranched alkanes of at least 4 members (excludes halogenated alkanes) is 2. The first kappa shape index (κ1) is 25.5. The largest absolute Gasteiger partial charge is 0.790 e. The number of phosphoric acid groups is 1. The molecule has 0 aliphatic carbocycles. The molecule has 2 rings (SSSR count). The molecule has 9 heteroatoms. The van der Waals surface area contributed by atoms with E-state index in [9.17, 15) is 14.4 Å². The predicted octanol–water partition coefficient (Wildman–Crippen LogP) is 1.08. The molecule has 0 saturated heterocycles. The highest BCUT2D eigenvalue weighted by Crippen LogP contribution is 2.23. The molecule has 0 aromatic carbocycles. The molecule has 2 aromatic rings. The van der Waals surface area contributed by atoms with E-state index in [1.165, 1.54) is 32.6 Å². The van der Waals surface area contributed by atoms with E-state index in [1.807, 2.05) is 14.1 Å². The molecular weight excluding hydrogens is 367 g/mol. The van der Waals surface area contributed by atoms with Crippen LogP contribution in [0.1, 0.15) is 46.5 Å². The van der Waals surface area contributed by atoms with Gasteiger partial charge in [-0.3, -0.25) is 0 Å². The van der Waals surface area contributed by atoms with Crippen molar-refractivity contribution < 1.29 is 28.0 Å². The fourth-order valence-corrected chi connectivity index (χ4v) is 2.42. The van der Waals surface area contributed by atoms with Gasteiger partial charge in [-0.1, -0.05) is 26.7 Å². The lowest BCUT2D eigenvalue weighted by molar-refractivity contribution is -0.671. The Bertz CT molecular complexity index is 607. The van der Waals surface area contributed by atoms with Crippen molar-refractivity contribution in [2.75, 3.05) is 6.61 Å². The standard InChI is InChI=1S/2C8H15N2.C2H7O4P/c2*1-3-4-5-10-7-6-9(2)8-10;1-2-6-7(3,4)5/h2*6-8H,3-5H2,1-2H3;2H2,1H3,(H2,3,4,5)/q2*+1;/p-2. The number of imidazole rings is 2. The third-order valence-electron chi connectivity index (χ3n) is 3.47. The molecular formula is C18H35N4O4P. The zero-order valence-corrected chi connectivity index (χ0v) is 18.2. The van der Waals surface area contributed by atoms with Crippen LogP contribution in [0, 0.1) is 0 Å². The Kier molecular flexibility index (Phi) is 13.8. The predicted molar refractivity (Wildman–Crippen MR) is 100 cm³/mol. The number of hydrogen-bond donors (Lipinski definition) is 0. The molecule has 0 atom stereocenters. The first-order valence-corrected chi connectivity index (χ1v) is 10.9. The van der Waals surface area contributed by atoms with E-state index in [0.29, 0.717) is 0 Å². The summed E-state index contributed by atoms with van der Waals surface area (Å²) in [5.74, 6) is 0. The molecule has 2 aromatic heterocycles. The van der Waals surface area contributed by atoms with Crippen molar-refractivity contribution in [1.82, 2.24) is 9.13 Å². The fraction of sp³-hybridized carbons (Fsp3) is 0.667. The van der Waals surface area contributed by atoms with Gasteiger partial charge in [0, 0.05) is 6.61 Å². The van der Waals surface area contributed by atoms with Crippen LogP contribution < -0.4 is 18.9 Å². The quantitative estimate of drug-likeness (QED) is 0.488. The Hall–Kier alpha value is -1.47. The zero-order chi connectivity index (χ0) is 20.7. The topological polar surface area (TPSA) is 90.0 Å². The Labute approximate surface area is 163 Å². The molecule has 0 amide bonds. The molecule has 0 bridgehead atoms. The summed E-state index contributed by atoms with van der Waals surface area (Å²) in [6, 6.07) is 0. The van der Waals surface area contributed by atoms with Gasteiger partial charge in [-0.05, 0) is 19.8 Å². The summed E-state index contributed by atoms with van der Waals surface area (Å²) in [5, 5.41) is 0. The number of aryl methyl sites for hydroxylation is 4. The van der Waals surface area contributed by atoms with E-state index < -0.39 is 7.82 Å². The Morgan fingerprint density at radius 2 is 1.30 bits per heavy atom. The number of aromatic nitrogens is 4. The highest BCUT2D eigenvalue weighted by Gasteiger charge is 1.97. The van der Waals surface area contributed by atoms with Crippen LogP contribution in [0.25, 0.3) is 0 Å². The second kappa shape index (κ2) is 14.6. The summed E-state index contributed by atoms with van der Waals surface area (Å²) in [4.78, 5) is 19.0. The molecule has 0 fully saturated rings. The summed E-state index contributed by atoms with van der Waals surface area (Å²) in [6.45, 7) is 8.08.